The summed E-state index contributed by atoms with van der Waals surface area (Å²) < 4.78 is 7.42. The number of likely N-dealkylation sites (tertiary alicyclic amines) is 2. The van der Waals surface area contributed by atoms with E-state index in [4.69, 9.17) is 4.74 Å². The molecule has 0 radical (unpaired) electrons. The topological polar surface area (TPSA) is 70.1 Å². The first-order valence-electron chi connectivity index (χ1n) is 29.9. The van der Waals surface area contributed by atoms with Crippen LogP contribution in [0, 0.1) is 11.8 Å². The number of carboxylic acids is 1. The van der Waals surface area contributed by atoms with Crippen LogP contribution in [-0.2, 0) is 14.3 Å². The number of carbonyl (C=O) groups excluding carboxylic acids is 1. The first kappa shape index (κ1) is 61.0. The Morgan fingerprint density at radius 1 is 0.439 bits per heavy atom. The zero-order valence-electron chi connectivity index (χ0n) is 46.3. The van der Waals surface area contributed by atoms with Crippen LogP contribution in [0.1, 0.15) is 320 Å². The number of hydrogen-bond donors (Lipinski definition) is 1. The second kappa shape index (κ2) is 34.2. The van der Waals surface area contributed by atoms with Gasteiger partial charge in [0.1, 0.15) is 6.10 Å². The molecule has 390 valence electrons. The molecule has 0 bridgehead atoms. The van der Waals surface area contributed by atoms with Crippen LogP contribution in [0.3, 0.4) is 0 Å². The zero-order valence-corrected chi connectivity index (χ0v) is 46.3. The number of carboxylic acid groups (broad SMARTS) is 1. The van der Waals surface area contributed by atoms with Crippen molar-refractivity contribution in [3.05, 3.63) is 0 Å². The Hall–Kier alpha value is -1.14. The summed E-state index contributed by atoms with van der Waals surface area (Å²) in [6.07, 6.45) is 44.8. The number of piperidine rings is 2. The van der Waals surface area contributed by atoms with Crippen molar-refractivity contribution in [3.8, 4) is 0 Å². The maximum atomic E-state index is 15.9. The van der Waals surface area contributed by atoms with Crippen LogP contribution in [-0.4, -0.2) is 68.2 Å². The van der Waals surface area contributed by atoms with Crippen LogP contribution in [0.25, 0.3) is 0 Å². The highest BCUT2D eigenvalue weighted by atomic mass is 16.5. The molecule has 0 amide bonds. The SMILES string of the molecule is CCCCN1C(CCCC)(CCCC)CC(OC(=O)C(CCCCCCCC(=O)O)C2CC(CCCC)(CCCC)N(CCCC)C(CCCC)(CCCC)C2)CC1(CCCC)CCCC. The van der Waals surface area contributed by atoms with Crippen molar-refractivity contribution in [2.75, 3.05) is 13.1 Å². The highest BCUT2D eigenvalue weighted by Gasteiger charge is 2.56. The first-order valence-corrected chi connectivity index (χ1v) is 29.9. The maximum absolute atomic E-state index is 15.9. The van der Waals surface area contributed by atoms with Crippen molar-refractivity contribution in [1.82, 2.24) is 9.80 Å². The quantitative estimate of drug-likeness (QED) is 0.0487. The van der Waals surface area contributed by atoms with E-state index in [1.54, 1.807) is 0 Å². The summed E-state index contributed by atoms with van der Waals surface area (Å²) in [4.78, 5) is 33.5. The highest BCUT2D eigenvalue weighted by molar-refractivity contribution is 5.73. The van der Waals surface area contributed by atoms with Crippen LogP contribution in [0.4, 0.5) is 0 Å². The summed E-state index contributed by atoms with van der Waals surface area (Å²) in [6, 6.07) is 0. The van der Waals surface area contributed by atoms with Gasteiger partial charge >= 0.3 is 11.9 Å². The van der Waals surface area contributed by atoms with E-state index in [1.165, 1.54) is 193 Å². The number of esters is 1. The molecular weight excluding hydrogens is 813 g/mol. The molecule has 6 heteroatoms. The van der Waals surface area contributed by atoms with Crippen molar-refractivity contribution in [1.29, 1.82) is 0 Å². The van der Waals surface area contributed by atoms with Gasteiger partial charge < -0.3 is 9.84 Å². The van der Waals surface area contributed by atoms with Gasteiger partial charge in [-0.05, 0) is 109 Å². The van der Waals surface area contributed by atoms with E-state index >= 15 is 4.79 Å². The van der Waals surface area contributed by atoms with Crippen LogP contribution in [0.2, 0.25) is 0 Å². The molecule has 2 heterocycles. The molecule has 0 aliphatic carbocycles. The Balaban J connectivity index is 2.87. The lowest BCUT2D eigenvalue weighted by molar-refractivity contribution is -0.180. The molecule has 0 aromatic carbocycles. The molecule has 2 fully saturated rings. The molecule has 0 aromatic rings. The number of aliphatic carboxylic acids is 1. The summed E-state index contributed by atoms with van der Waals surface area (Å²) in [5.41, 5.74) is 0.396. The van der Waals surface area contributed by atoms with E-state index < -0.39 is 5.97 Å². The molecule has 1 unspecified atom stereocenters. The fourth-order valence-corrected chi connectivity index (χ4v) is 13.8. The summed E-state index contributed by atoms with van der Waals surface area (Å²) in [7, 11) is 0. The molecule has 0 spiro atoms. The highest BCUT2D eigenvalue weighted by Crippen LogP contribution is 2.55. The lowest BCUT2D eigenvalue weighted by Gasteiger charge is -2.62. The van der Waals surface area contributed by atoms with E-state index in [0.29, 0.717) is 5.92 Å². The lowest BCUT2D eigenvalue weighted by Crippen LogP contribution is -2.67. The van der Waals surface area contributed by atoms with E-state index in [2.05, 4.69) is 79.0 Å². The Labute approximate surface area is 412 Å². The fourth-order valence-electron chi connectivity index (χ4n) is 13.8. The molecular formula is C60H116N2O4. The minimum Gasteiger partial charge on any atom is -0.481 e. The number of unbranched alkanes of at least 4 members (excludes halogenated alkanes) is 14. The number of carbonyl (C=O) groups is 2. The first-order chi connectivity index (χ1) is 31.9. The lowest BCUT2D eigenvalue weighted by atomic mass is 9.61. The van der Waals surface area contributed by atoms with Crippen LogP contribution < -0.4 is 0 Å². The summed E-state index contributed by atoms with van der Waals surface area (Å²) in [5.74, 6) is -0.295. The third kappa shape index (κ3) is 18.9. The minimum absolute atomic E-state index is 0.0316. The average molecular weight is 930 g/mol. The van der Waals surface area contributed by atoms with E-state index in [0.717, 1.165) is 64.2 Å². The molecule has 1 N–H and O–H groups in total. The van der Waals surface area contributed by atoms with Crippen LogP contribution >= 0.6 is 0 Å². The molecule has 1 atom stereocenters. The molecule has 0 saturated carbocycles. The largest absolute Gasteiger partial charge is 0.481 e. The van der Waals surface area contributed by atoms with Gasteiger partial charge in [0.15, 0.2) is 0 Å². The van der Waals surface area contributed by atoms with Gasteiger partial charge in [0.25, 0.3) is 0 Å². The second-order valence-electron chi connectivity index (χ2n) is 22.7. The van der Waals surface area contributed by atoms with Gasteiger partial charge in [0.05, 0.1) is 5.92 Å². The Morgan fingerprint density at radius 2 is 0.742 bits per heavy atom. The third-order valence-electron chi connectivity index (χ3n) is 17.3. The van der Waals surface area contributed by atoms with Crippen LogP contribution in [0.5, 0.6) is 0 Å². The van der Waals surface area contributed by atoms with Gasteiger partial charge in [0, 0.05) is 41.4 Å². The van der Waals surface area contributed by atoms with Gasteiger partial charge in [-0.15, -0.1) is 0 Å². The fraction of sp³-hybridized carbons (Fsp3) is 0.967. The van der Waals surface area contributed by atoms with Crippen molar-refractivity contribution >= 4 is 11.9 Å². The van der Waals surface area contributed by atoms with Crippen molar-refractivity contribution < 1.29 is 19.4 Å². The molecule has 66 heavy (non-hydrogen) atoms. The van der Waals surface area contributed by atoms with E-state index in [1.807, 2.05) is 0 Å². The third-order valence-corrected chi connectivity index (χ3v) is 17.3. The summed E-state index contributed by atoms with van der Waals surface area (Å²) in [6.45, 7) is 26.2. The zero-order chi connectivity index (χ0) is 48.7. The smallest absolute Gasteiger partial charge is 0.309 e. The molecule has 0 aromatic heterocycles. The van der Waals surface area contributed by atoms with Gasteiger partial charge in [-0.2, -0.15) is 0 Å². The van der Waals surface area contributed by atoms with E-state index in [9.17, 15) is 9.90 Å². The molecule has 2 saturated heterocycles. The van der Waals surface area contributed by atoms with Crippen molar-refractivity contribution in [2.24, 2.45) is 11.8 Å². The van der Waals surface area contributed by atoms with Gasteiger partial charge in [-0.3, -0.25) is 19.4 Å². The van der Waals surface area contributed by atoms with Gasteiger partial charge in [0.2, 0.25) is 0 Å². The predicted molar refractivity (Wildman–Crippen MR) is 286 cm³/mol. The van der Waals surface area contributed by atoms with Crippen molar-refractivity contribution in [3.63, 3.8) is 0 Å². The Morgan fingerprint density at radius 3 is 1.06 bits per heavy atom. The summed E-state index contributed by atoms with van der Waals surface area (Å²) >= 11 is 0. The second-order valence-corrected chi connectivity index (χ2v) is 22.7. The van der Waals surface area contributed by atoms with Gasteiger partial charge in [-0.25, -0.2) is 0 Å². The van der Waals surface area contributed by atoms with E-state index in [-0.39, 0.29) is 46.6 Å². The average Bonchev–Trinajstić information content (AvgIpc) is 3.31. The Kier molecular flexibility index (Phi) is 31.6. The number of nitrogens with zero attached hydrogens (tertiary/aromatic N) is 2. The molecule has 2 aliphatic rings. The maximum Gasteiger partial charge on any atom is 0.309 e. The molecule has 2 rings (SSSR count). The van der Waals surface area contributed by atoms with Crippen LogP contribution in [0.15, 0.2) is 0 Å². The predicted octanol–water partition coefficient (Wildman–Crippen LogP) is 18.2. The Bertz CT molecular complexity index is 1140. The monoisotopic (exact) mass is 929 g/mol. The number of ether oxygens (including phenoxy) is 1. The summed E-state index contributed by atoms with van der Waals surface area (Å²) in [5, 5.41) is 9.33. The number of hydrogen-bond acceptors (Lipinski definition) is 5. The standard InChI is InChI=1S/C60H116N2O4/c1-11-21-38-57(39-22-12-2)48-52(49-58(40-23-13-3,41-24-14-4)61(57)46-29-19-9)54(36-34-32-31-33-35-37-55(63)64)56(65)66-53-50-59(42-25-15-5,43-26-16-6)62(47-30-20-10)60(51-53,44-27-17-7)45-28-18-8/h52-54H,11-51H2,1-10H3,(H,63,64). The normalized spacial score (nSPS) is 19.3. The molecule has 6 nitrogen and oxygen atoms in total. The van der Waals surface area contributed by atoms with Crippen molar-refractivity contribution in [2.45, 2.75) is 348 Å². The molecule has 2 aliphatic heterocycles. The minimum atomic E-state index is -0.689. The number of rotatable bonds is 41. The van der Waals surface area contributed by atoms with Gasteiger partial charge in [-0.1, -0.05) is 210 Å².